The number of ether oxygens (including phenoxy) is 1. The normalized spacial score (nSPS) is 14.5. The molecule has 0 saturated carbocycles. The number of benzene rings is 1. The zero-order valence-electron chi connectivity index (χ0n) is 16.9. The van der Waals surface area contributed by atoms with Crippen LogP contribution in [0.3, 0.4) is 0 Å². The molecule has 1 unspecified atom stereocenters. The number of rotatable bonds is 8. The third kappa shape index (κ3) is 5.76. The molecule has 2 rings (SSSR count). The van der Waals surface area contributed by atoms with E-state index in [0.29, 0.717) is 18.3 Å². The fraction of sp³-hybridized carbons (Fsp3) is 0.476. The molecule has 0 aliphatic rings. The van der Waals surface area contributed by atoms with Crippen LogP contribution in [-0.2, 0) is 11.0 Å². The van der Waals surface area contributed by atoms with Gasteiger partial charge in [-0.2, -0.15) is 0 Å². The van der Waals surface area contributed by atoms with Gasteiger partial charge >= 0.3 is 0 Å². The summed E-state index contributed by atoms with van der Waals surface area (Å²) in [5.74, 6) is 2.01. The van der Waals surface area contributed by atoms with Gasteiger partial charge < -0.3 is 24.9 Å². The van der Waals surface area contributed by atoms with Crippen molar-refractivity contribution in [2.24, 2.45) is 4.99 Å². The number of nitrogens with zero attached hydrogens (tertiary/aromatic N) is 1. The summed E-state index contributed by atoms with van der Waals surface area (Å²) in [6, 6.07) is 11.6. The van der Waals surface area contributed by atoms with E-state index in [9.17, 15) is 5.11 Å². The summed E-state index contributed by atoms with van der Waals surface area (Å²) < 4.78 is 10.7. The molecule has 6 nitrogen and oxygen atoms in total. The van der Waals surface area contributed by atoms with Gasteiger partial charge in [0.25, 0.3) is 0 Å². The van der Waals surface area contributed by atoms with Crippen molar-refractivity contribution in [3.63, 3.8) is 0 Å². The molecule has 1 aromatic carbocycles. The number of aliphatic imine (C=N–C) groups is 1. The fourth-order valence-electron chi connectivity index (χ4n) is 2.68. The van der Waals surface area contributed by atoms with Gasteiger partial charge in [-0.1, -0.05) is 26.0 Å². The molecule has 1 heterocycles. The first-order valence-corrected chi connectivity index (χ1v) is 9.21. The first-order valence-electron chi connectivity index (χ1n) is 9.21. The molecule has 1 aromatic heterocycles. The lowest BCUT2D eigenvalue weighted by molar-refractivity contribution is 0.0386. The van der Waals surface area contributed by atoms with Crippen molar-refractivity contribution in [1.82, 2.24) is 10.6 Å². The summed E-state index contributed by atoms with van der Waals surface area (Å²) in [5, 5.41) is 17.0. The molecule has 0 amide bonds. The smallest absolute Gasteiger partial charge is 0.191 e. The number of furan rings is 1. The first-order chi connectivity index (χ1) is 12.8. The Hall–Kier alpha value is -2.47. The van der Waals surface area contributed by atoms with Crippen LogP contribution in [0, 0.1) is 0 Å². The van der Waals surface area contributed by atoms with Crippen LogP contribution in [0.4, 0.5) is 0 Å². The van der Waals surface area contributed by atoms with Crippen molar-refractivity contribution in [2.75, 3.05) is 26.7 Å². The van der Waals surface area contributed by atoms with E-state index in [-0.39, 0.29) is 12.0 Å². The number of aliphatic hydroxyl groups is 1. The van der Waals surface area contributed by atoms with Crippen LogP contribution in [0.15, 0.2) is 52.1 Å². The quantitative estimate of drug-likeness (QED) is 0.490. The summed E-state index contributed by atoms with van der Waals surface area (Å²) in [6.45, 7) is 9.61. The standard InChI is InChI=1S/C21H31N3O3/c1-6-22-19(24-15-21(4,25)18-11-8-12-27-18)23-14-20(2,3)16-9-7-10-17(13-16)26-5/h7-13,25H,6,14-15H2,1-5H3,(H2,22,23,24). The SMILES string of the molecule is CCNC(=NCC(C)(C)c1cccc(OC)c1)NCC(C)(O)c1ccco1. The van der Waals surface area contributed by atoms with Crippen molar-refractivity contribution in [3.05, 3.63) is 54.0 Å². The summed E-state index contributed by atoms with van der Waals surface area (Å²) in [4.78, 5) is 4.71. The summed E-state index contributed by atoms with van der Waals surface area (Å²) in [7, 11) is 1.67. The van der Waals surface area contributed by atoms with Crippen molar-refractivity contribution >= 4 is 5.96 Å². The number of methoxy groups -OCH3 is 1. The van der Waals surface area contributed by atoms with Gasteiger partial charge in [-0.3, -0.25) is 4.99 Å². The number of hydrogen-bond donors (Lipinski definition) is 3. The molecule has 2 aromatic rings. The van der Waals surface area contributed by atoms with Gasteiger partial charge in [0.05, 0.1) is 26.5 Å². The summed E-state index contributed by atoms with van der Waals surface area (Å²) in [5.41, 5.74) is -0.133. The molecule has 0 fully saturated rings. The average Bonchev–Trinajstić information content (AvgIpc) is 3.20. The predicted octanol–water partition coefficient (Wildman–Crippen LogP) is 3.03. The molecule has 0 radical (unpaired) electrons. The topological polar surface area (TPSA) is 79.0 Å². The molecular weight excluding hydrogens is 342 g/mol. The minimum Gasteiger partial charge on any atom is -0.497 e. The zero-order chi connectivity index (χ0) is 19.9. The lowest BCUT2D eigenvalue weighted by atomic mass is 9.85. The lowest BCUT2D eigenvalue weighted by Gasteiger charge is -2.26. The number of nitrogens with one attached hydrogen (secondary N) is 2. The molecule has 0 spiro atoms. The molecule has 148 valence electrons. The van der Waals surface area contributed by atoms with Crippen molar-refractivity contribution in [3.8, 4) is 5.75 Å². The average molecular weight is 373 g/mol. The van der Waals surface area contributed by atoms with E-state index in [2.05, 4.69) is 30.5 Å². The second kappa shape index (κ2) is 8.95. The highest BCUT2D eigenvalue weighted by Gasteiger charge is 2.27. The van der Waals surface area contributed by atoms with E-state index in [0.717, 1.165) is 17.9 Å². The van der Waals surface area contributed by atoms with Gasteiger partial charge in [-0.15, -0.1) is 0 Å². The highest BCUT2D eigenvalue weighted by Crippen LogP contribution is 2.26. The Morgan fingerprint density at radius 3 is 2.59 bits per heavy atom. The second-order valence-electron chi connectivity index (χ2n) is 7.42. The molecule has 0 bridgehead atoms. The maximum Gasteiger partial charge on any atom is 0.191 e. The Labute approximate surface area is 161 Å². The van der Waals surface area contributed by atoms with E-state index < -0.39 is 5.60 Å². The lowest BCUT2D eigenvalue weighted by Crippen LogP contribution is -2.45. The highest BCUT2D eigenvalue weighted by molar-refractivity contribution is 5.79. The van der Waals surface area contributed by atoms with Gasteiger partial charge in [0.2, 0.25) is 0 Å². The maximum atomic E-state index is 10.6. The van der Waals surface area contributed by atoms with Crippen LogP contribution in [0.2, 0.25) is 0 Å². The van der Waals surface area contributed by atoms with Gasteiger partial charge in [-0.25, -0.2) is 0 Å². The molecule has 6 heteroatoms. The Morgan fingerprint density at radius 1 is 1.19 bits per heavy atom. The summed E-state index contributed by atoms with van der Waals surface area (Å²) >= 11 is 0. The van der Waals surface area contributed by atoms with Crippen LogP contribution in [0.25, 0.3) is 0 Å². The van der Waals surface area contributed by atoms with Crippen LogP contribution >= 0.6 is 0 Å². The Bertz CT molecular complexity index is 737. The molecule has 0 saturated heterocycles. The zero-order valence-corrected chi connectivity index (χ0v) is 16.9. The second-order valence-corrected chi connectivity index (χ2v) is 7.42. The molecule has 1 atom stereocenters. The highest BCUT2D eigenvalue weighted by atomic mass is 16.5. The van der Waals surface area contributed by atoms with E-state index >= 15 is 0 Å². The fourth-order valence-corrected chi connectivity index (χ4v) is 2.68. The Kier molecular flexibility index (Phi) is 6.91. The van der Waals surface area contributed by atoms with Gasteiger partial charge in [0.15, 0.2) is 5.96 Å². The van der Waals surface area contributed by atoms with E-state index in [1.807, 2.05) is 25.1 Å². The third-order valence-electron chi connectivity index (χ3n) is 4.48. The monoisotopic (exact) mass is 373 g/mol. The number of hydrogen-bond acceptors (Lipinski definition) is 4. The minimum atomic E-state index is -1.12. The Morgan fingerprint density at radius 2 is 1.96 bits per heavy atom. The van der Waals surface area contributed by atoms with E-state index in [1.54, 1.807) is 32.4 Å². The van der Waals surface area contributed by atoms with Crippen LogP contribution in [0.1, 0.15) is 39.0 Å². The van der Waals surface area contributed by atoms with Gasteiger partial charge in [-0.05, 0) is 43.7 Å². The molecule has 0 aliphatic heterocycles. The molecule has 0 aliphatic carbocycles. The number of guanidine groups is 1. The Balaban J connectivity index is 2.07. The van der Waals surface area contributed by atoms with Gasteiger partial charge in [0, 0.05) is 12.0 Å². The van der Waals surface area contributed by atoms with Crippen LogP contribution in [-0.4, -0.2) is 37.8 Å². The van der Waals surface area contributed by atoms with E-state index in [1.165, 1.54) is 0 Å². The summed E-state index contributed by atoms with van der Waals surface area (Å²) in [6.07, 6.45) is 1.56. The van der Waals surface area contributed by atoms with E-state index in [4.69, 9.17) is 14.1 Å². The third-order valence-corrected chi connectivity index (χ3v) is 4.48. The van der Waals surface area contributed by atoms with Crippen molar-refractivity contribution < 1.29 is 14.3 Å². The molecule has 3 N–H and O–H groups in total. The van der Waals surface area contributed by atoms with Crippen LogP contribution < -0.4 is 15.4 Å². The van der Waals surface area contributed by atoms with Crippen molar-refractivity contribution in [1.29, 1.82) is 0 Å². The van der Waals surface area contributed by atoms with Gasteiger partial charge in [0.1, 0.15) is 17.1 Å². The minimum absolute atomic E-state index is 0.166. The predicted molar refractivity (Wildman–Crippen MR) is 108 cm³/mol. The molecule has 27 heavy (non-hydrogen) atoms. The van der Waals surface area contributed by atoms with Crippen molar-refractivity contribution in [2.45, 2.75) is 38.7 Å². The maximum absolute atomic E-state index is 10.6. The van der Waals surface area contributed by atoms with Crippen LogP contribution in [0.5, 0.6) is 5.75 Å². The molecular formula is C21H31N3O3. The first kappa shape index (κ1) is 20.8. The largest absolute Gasteiger partial charge is 0.497 e.